The van der Waals surface area contributed by atoms with E-state index >= 15 is 0 Å². The van der Waals surface area contributed by atoms with Crippen molar-refractivity contribution in [3.63, 3.8) is 0 Å². The van der Waals surface area contributed by atoms with E-state index in [0.717, 1.165) is 36.9 Å². The van der Waals surface area contributed by atoms with Gasteiger partial charge in [0.2, 0.25) is 5.91 Å². The molecule has 0 aliphatic heterocycles. The van der Waals surface area contributed by atoms with Crippen molar-refractivity contribution in [3.8, 4) is 11.4 Å². The Kier molecular flexibility index (Phi) is 6.78. The summed E-state index contributed by atoms with van der Waals surface area (Å²) in [6.45, 7) is 3.91. The summed E-state index contributed by atoms with van der Waals surface area (Å²) >= 11 is 0. The molecule has 0 radical (unpaired) electrons. The number of carbonyl (C=O) groups excluding carboxylic acids is 1. The molecule has 1 aliphatic carbocycles. The number of nitrogens with two attached hydrogens (primary N) is 1. The van der Waals surface area contributed by atoms with E-state index in [1.54, 1.807) is 0 Å². The zero-order chi connectivity index (χ0) is 18.7. The summed E-state index contributed by atoms with van der Waals surface area (Å²) in [5.74, 6) is 0.267. The summed E-state index contributed by atoms with van der Waals surface area (Å²) in [6.07, 6.45) is 4.45. The number of halogens is 1. The molecule has 27 heavy (non-hydrogen) atoms. The molecule has 2 aromatic rings. The van der Waals surface area contributed by atoms with Crippen molar-refractivity contribution in [3.05, 3.63) is 46.4 Å². The number of carbonyl (C=O) groups is 1. The summed E-state index contributed by atoms with van der Waals surface area (Å²) < 4.78 is 0. The second-order valence-electron chi connectivity index (χ2n) is 7.31. The molecule has 146 valence electrons. The van der Waals surface area contributed by atoms with E-state index in [1.807, 2.05) is 38.1 Å². The lowest BCUT2D eigenvalue weighted by Crippen LogP contribution is -2.51. The zero-order valence-corrected chi connectivity index (χ0v) is 16.6. The molecule has 2 atom stereocenters. The van der Waals surface area contributed by atoms with Crippen molar-refractivity contribution in [2.75, 3.05) is 5.32 Å². The van der Waals surface area contributed by atoms with E-state index in [1.165, 1.54) is 6.07 Å². The lowest BCUT2D eigenvalue weighted by atomic mass is 9.74. The summed E-state index contributed by atoms with van der Waals surface area (Å²) in [4.78, 5) is 31.7. The number of nitrogens with zero attached hydrogens (tertiary/aromatic N) is 1. The Labute approximate surface area is 165 Å². The van der Waals surface area contributed by atoms with E-state index < -0.39 is 5.54 Å². The van der Waals surface area contributed by atoms with Crippen LogP contribution in [0.4, 0.5) is 5.69 Å². The fraction of sp³-hybridized carbons (Fsp3) is 0.450. The molecule has 3 rings (SSSR count). The molecule has 1 amide bonds. The van der Waals surface area contributed by atoms with E-state index in [0.29, 0.717) is 17.9 Å². The Hall–Kier alpha value is -2.18. The van der Waals surface area contributed by atoms with Crippen LogP contribution in [0, 0.1) is 5.92 Å². The molecule has 1 fully saturated rings. The Balaban J connectivity index is 0.00000261. The number of hydrogen-bond acceptors (Lipinski definition) is 4. The minimum absolute atomic E-state index is 0. The van der Waals surface area contributed by atoms with E-state index in [9.17, 15) is 9.59 Å². The minimum atomic E-state index is -0.470. The highest BCUT2D eigenvalue weighted by molar-refractivity contribution is 5.94. The van der Waals surface area contributed by atoms with Crippen molar-refractivity contribution < 1.29 is 4.79 Å². The largest absolute Gasteiger partial charge is 0.326 e. The van der Waals surface area contributed by atoms with Crippen LogP contribution in [-0.2, 0) is 11.2 Å². The Morgan fingerprint density at radius 3 is 2.85 bits per heavy atom. The second kappa shape index (κ2) is 8.67. The summed E-state index contributed by atoms with van der Waals surface area (Å²) in [5, 5.41) is 2.98. The second-order valence-corrected chi connectivity index (χ2v) is 7.31. The normalized spacial score (nSPS) is 22.0. The molecule has 1 heterocycles. The third kappa shape index (κ3) is 4.96. The van der Waals surface area contributed by atoms with Gasteiger partial charge in [-0.3, -0.25) is 9.59 Å². The number of aryl methyl sites for hydroxylation is 1. The molecule has 0 bridgehead atoms. The van der Waals surface area contributed by atoms with Crippen molar-refractivity contribution >= 4 is 24.0 Å². The van der Waals surface area contributed by atoms with Crippen LogP contribution < -0.4 is 16.6 Å². The predicted octanol–water partition coefficient (Wildman–Crippen LogP) is 3.27. The molecule has 7 heteroatoms. The topological polar surface area (TPSA) is 101 Å². The molecule has 2 unspecified atom stereocenters. The van der Waals surface area contributed by atoms with Crippen LogP contribution in [0.25, 0.3) is 11.4 Å². The van der Waals surface area contributed by atoms with Crippen molar-refractivity contribution in [2.45, 2.75) is 51.5 Å². The van der Waals surface area contributed by atoms with Gasteiger partial charge < -0.3 is 16.0 Å². The van der Waals surface area contributed by atoms with Gasteiger partial charge in [-0.2, -0.15) is 0 Å². The van der Waals surface area contributed by atoms with Crippen LogP contribution in [0.1, 0.15) is 45.2 Å². The average molecular weight is 391 g/mol. The van der Waals surface area contributed by atoms with Crippen LogP contribution >= 0.6 is 12.4 Å². The number of H-pyrrole nitrogens is 1. The maximum Gasteiger partial charge on any atom is 0.251 e. The first-order valence-electron chi connectivity index (χ1n) is 9.19. The van der Waals surface area contributed by atoms with E-state index in [-0.39, 0.29) is 29.8 Å². The maximum atomic E-state index is 12.7. The standard InChI is InChI=1S/C20H26N4O2.ClH/c1-3-14-12-17(25)24-18(22-14)13-7-6-8-15(11-13)23-19(26)16-9-4-5-10-20(16,2)21;/h6-8,11-12,16H,3-5,9-10,21H2,1-2H3,(H,23,26)(H,22,24,25);1H. The maximum absolute atomic E-state index is 12.7. The molecular formula is C20H27ClN4O2. The van der Waals surface area contributed by atoms with Crippen molar-refractivity contribution in [2.24, 2.45) is 11.7 Å². The Morgan fingerprint density at radius 1 is 1.37 bits per heavy atom. The molecule has 1 aliphatic rings. The fourth-order valence-corrected chi connectivity index (χ4v) is 3.59. The molecule has 4 N–H and O–H groups in total. The van der Waals surface area contributed by atoms with Gasteiger partial charge in [-0.15, -0.1) is 12.4 Å². The van der Waals surface area contributed by atoms with Crippen molar-refractivity contribution in [1.82, 2.24) is 9.97 Å². The number of anilines is 1. The first-order valence-corrected chi connectivity index (χ1v) is 9.19. The molecule has 1 aromatic heterocycles. The van der Waals surface area contributed by atoms with Gasteiger partial charge in [0, 0.05) is 28.6 Å². The third-order valence-corrected chi connectivity index (χ3v) is 5.13. The zero-order valence-electron chi connectivity index (χ0n) is 15.7. The van der Waals surface area contributed by atoms with Crippen LogP contribution in [-0.4, -0.2) is 21.4 Å². The van der Waals surface area contributed by atoms with Crippen LogP contribution in [0.3, 0.4) is 0 Å². The average Bonchev–Trinajstić information content (AvgIpc) is 2.61. The summed E-state index contributed by atoms with van der Waals surface area (Å²) in [6, 6.07) is 8.86. The number of rotatable bonds is 4. The van der Waals surface area contributed by atoms with Crippen LogP contribution in [0.5, 0.6) is 0 Å². The smallest absolute Gasteiger partial charge is 0.251 e. The molecule has 1 aromatic carbocycles. The molecule has 6 nitrogen and oxygen atoms in total. The van der Waals surface area contributed by atoms with E-state index in [4.69, 9.17) is 5.73 Å². The van der Waals surface area contributed by atoms with Gasteiger partial charge >= 0.3 is 0 Å². The number of aromatic amines is 1. The SMILES string of the molecule is CCc1cc(=O)[nH]c(-c2cccc(NC(=O)C3CCCCC3(C)N)c2)n1.Cl. The van der Waals surface area contributed by atoms with Crippen LogP contribution in [0.2, 0.25) is 0 Å². The van der Waals surface area contributed by atoms with Gasteiger partial charge in [0.25, 0.3) is 5.56 Å². The fourth-order valence-electron chi connectivity index (χ4n) is 3.59. The number of hydrogen-bond donors (Lipinski definition) is 3. The molecule has 0 spiro atoms. The van der Waals surface area contributed by atoms with Gasteiger partial charge in [0.1, 0.15) is 5.82 Å². The predicted molar refractivity (Wildman–Crippen MR) is 110 cm³/mol. The van der Waals surface area contributed by atoms with Crippen LogP contribution in [0.15, 0.2) is 35.1 Å². The number of aromatic nitrogens is 2. The first kappa shape index (κ1) is 21.1. The number of amides is 1. The van der Waals surface area contributed by atoms with Gasteiger partial charge in [-0.25, -0.2) is 4.98 Å². The molecular weight excluding hydrogens is 364 g/mol. The van der Waals surface area contributed by atoms with Gasteiger partial charge in [0.15, 0.2) is 0 Å². The molecule has 0 saturated heterocycles. The lowest BCUT2D eigenvalue weighted by Gasteiger charge is -2.37. The Morgan fingerprint density at radius 2 is 2.15 bits per heavy atom. The molecule has 1 saturated carbocycles. The van der Waals surface area contributed by atoms with Gasteiger partial charge in [-0.1, -0.05) is 31.9 Å². The summed E-state index contributed by atoms with van der Waals surface area (Å²) in [5.41, 5.74) is 7.86. The first-order chi connectivity index (χ1) is 12.4. The Bertz CT molecular complexity index is 863. The highest BCUT2D eigenvalue weighted by Crippen LogP contribution is 2.32. The number of nitrogens with one attached hydrogen (secondary N) is 2. The van der Waals surface area contributed by atoms with Gasteiger partial charge in [0.05, 0.1) is 5.92 Å². The monoisotopic (exact) mass is 390 g/mol. The highest BCUT2D eigenvalue weighted by atomic mass is 35.5. The number of benzene rings is 1. The van der Waals surface area contributed by atoms with E-state index in [2.05, 4.69) is 15.3 Å². The highest BCUT2D eigenvalue weighted by Gasteiger charge is 2.37. The van der Waals surface area contributed by atoms with Crippen molar-refractivity contribution in [1.29, 1.82) is 0 Å². The summed E-state index contributed by atoms with van der Waals surface area (Å²) in [7, 11) is 0. The lowest BCUT2D eigenvalue weighted by molar-refractivity contribution is -0.122. The minimum Gasteiger partial charge on any atom is -0.326 e. The quantitative estimate of drug-likeness (QED) is 0.745. The third-order valence-electron chi connectivity index (χ3n) is 5.13. The van der Waals surface area contributed by atoms with Gasteiger partial charge in [-0.05, 0) is 38.3 Å².